The Morgan fingerprint density at radius 2 is 2.24 bits per heavy atom. The maximum absolute atomic E-state index is 12.4. The predicted octanol–water partition coefficient (Wildman–Crippen LogP) is 2.71. The second-order valence-corrected chi connectivity index (χ2v) is 4.70. The van der Waals surface area contributed by atoms with Crippen LogP contribution in [0.1, 0.15) is 0 Å². The Kier molecular flexibility index (Phi) is 6.04. The van der Waals surface area contributed by atoms with Crippen LogP contribution in [0.2, 0.25) is 0 Å². The molecule has 1 heterocycles. The van der Waals surface area contributed by atoms with Crippen molar-refractivity contribution in [3.8, 4) is 5.88 Å². The molecule has 1 aromatic rings. The zero-order valence-corrected chi connectivity index (χ0v) is 12.2. The average molecular weight is 375 g/mol. The van der Waals surface area contributed by atoms with Crippen LogP contribution in [-0.4, -0.2) is 41.9 Å². The minimum absolute atomic E-state index is 0.227. The van der Waals surface area contributed by atoms with Crippen molar-refractivity contribution >= 4 is 37.8 Å². The van der Waals surface area contributed by atoms with Crippen LogP contribution in [0.5, 0.6) is 5.88 Å². The van der Waals surface area contributed by atoms with Crippen molar-refractivity contribution in [1.82, 2.24) is 9.97 Å². The smallest absolute Gasteiger partial charge is 0.255 e. The molecule has 0 saturated carbocycles. The van der Waals surface area contributed by atoms with Gasteiger partial charge in [0.15, 0.2) is 0 Å². The molecule has 0 spiro atoms. The molecule has 96 valence electrons. The highest BCUT2D eigenvalue weighted by Gasteiger charge is 2.16. The molecule has 0 aliphatic rings. The molecule has 0 unspecified atom stereocenters. The van der Waals surface area contributed by atoms with E-state index in [1.807, 2.05) is 0 Å². The van der Waals surface area contributed by atoms with Crippen LogP contribution < -0.4 is 9.64 Å². The number of ether oxygens (including phenoxy) is 1. The quantitative estimate of drug-likeness (QED) is 0.717. The fraction of sp³-hybridized carbons (Fsp3) is 0.556. The van der Waals surface area contributed by atoms with Crippen molar-refractivity contribution in [1.29, 1.82) is 0 Å². The number of methoxy groups -OCH3 is 1. The first-order chi connectivity index (χ1) is 8.08. The van der Waals surface area contributed by atoms with Crippen molar-refractivity contribution in [3.05, 3.63) is 10.7 Å². The molecule has 0 fully saturated rings. The lowest BCUT2D eigenvalue weighted by atomic mass is 10.5. The van der Waals surface area contributed by atoms with Crippen molar-refractivity contribution in [3.63, 3.8) is 0 Å². The number of halogens is 4. The van der Waals surface area contributed by atoms with Gasteiger partial charge in [0, 0.05) is 11.9 Å². The van der Waals surface area contributed by atoms with E-state index in [9.17, 15) is 8.78 Å². The lowest BCUT2D eigenvalue weighted by Crippen LogP contribution is -2.32. The average Bonchev–Trinajstić information content (AvgIpc) is 2.28. The SMILES string of the molecule is COc1nc(N(CCBr)CC(F)F)ncc1Br. The number of rotatable bonds is 6. The van der Waals surface area contributed by atoms with E-state index in [0.29, 0.717) is 22.2 Å². The normalized spacial score (nSPS) is 10.7. The summed E-state index contributed by atoms with van der Waals surface area (Å²) in [6.07, 6.45) is -0.958. The molecule has 1 aromatic heterocycles. The molecule has 0 amide bonds. The Balaban J connectivity index is 2.92. The summed E-state index contributed by atoms with van der Waals surface area (Å²) in [5.74, 6) is 0.550. The molecular weight excluding hydrogens is 364 g/mol. The first-order valence-electron chi connectivity index (χ1n) is 4.74. The van der Waals surface area contributed by atoms with Crippen LogP contribution in [-0.2, 0) is 0 Å². The Morgan fingerprint density at radius 1 is 1.53 bits per heavy atom. The standard InChI is InChI=1S/C9H11Br2F2N3O/c1-17-8-6(11)4-14-9(15-8)16(3-2-10)5-7(12)13/h4,7H,2-3,5H2,1H3. The summed E-state index contributed by atoms with van der Waals surface area (Å²) in [5.41, 5.74) is 0. The molecule has 0 bridgehead atoms. The molecule has 8 heteroatoms. The van der Waals surface area contributed by atoms with Crippen LogP contribution in [0, 0.1) is 0 Å². The topological polar surface area (TPSA) is 38.2 Å². The van der Waals surface area contributed by atoms with E-state index < -0.39 is 13.0 Å². The van der Waals surface area contributed by atoms with Crippen LogP contribution in [0.15, 0.2) is 10.7 Å². The number of anilines is 1. The van der Waals surface area contributed by atoms with Gasteiger partial charge >= 0.3 is 0 Å². The van der Waals surface area contributed by atoms with Gasteiger partial charge in [0.25, 0.3) is 6.43 Å². The van der Waals surface area contributed by atoms with Crippen LogP contribution in [0.4, 0.5) is 14.7 Å². The van der Waals surface area contributed by atoms with Crippen molar-refractivity contribution in [2.24, 2.45) is 0 Å². The first-order valence-corrected chi connectivity index (χ1v) is 6.65. The molecule has 1 rings (SSSR count). The molecule has 0 radical (unpaired) electrons. The van der Waals surface area contributed by atoms with Gasteiger partial charge in [0.1, 0.15) is 0 Å². The summed E-state index contributed by atoms with van der Waals surface area (Å²) >= 11 is 6.41. The van der Waals surface area contributed by atoms with E-state index in [1.165, 1.54) is 18.2 Å². The third kappa shape index (κ3) is 4.34. The van der Waals surface area contributed by atoms with E-state index in [0.717, 1.165) is 0 Å². The third-order valence-corrected chi connectivity index (χ3v) is 2.79. The number of hydrogen-bond acceptors (Lipinski definition) is 4. The maximum atomic E-state index is 12.4. The lowest BCUT2D eigenvalue weighted by molar-refractivity contribution is 0.154. The van der Waals surface area contributed by atoms with Gasteiger partial charge in [-0.3, -0.25) is 0 Å². The van der Waals surface area contributed by atoms with Gasteiger partial charge in [0.2, 0.25) is 11.8 Å². The monoisotopic (exact) mass is 373 g/mol. The Bertz CT molecular complexity index is 368. The molecule has 0 aliphatic heterocycles. The molecular formula is C9H11Br2F2N3O. The number of hydrogen-bond donors (Lipinski definition) is 0. The lowest BCUT2D eigenvalue weighted by Gasteiger charge is -2.21. The minimum atomic E-state index is -2.44. The van der Waals surface area contributed by atoms with Gasteiger partial charge in [-0.25, -0.2) is 13.8 Å². The highest BCUT2D eigenvalue weighted by Crippen LogP contribution is 2.23. The van der Waals surface area contributed by atoms with Crippen LogP contribution in [0.25, 0.3) is 0 Å². The van der Waals surface area contributed by atoms with Crippen LogP contribution in [0.3, 0.4) is 0 Å². The second-order valence-electron chi connectivity index (χ2n) is 3.05. The van der Waals surface area contributed by atoms with E-state index in [-0.39, 0.29) is 5.95 Å². The molecule has 0 saturated heterocycles. The summed E-state index contributed by atoms with van der Waals surface area (Å²) < 4.78 is 30.4. The number of aromatic nitrogens is 2. The Labute approximate surface area is 115 Å². The minimum Gasteiger partial charge on any atom is -0.480 e. The van der Waals surface area contributed by atoms with Gasteiger partial charge in [0.05, 0.1) is 24.3 Å². The van der Waals surface area contributed by atoms with E-state index in [1.54, 1.807) is 0 Å². The zero-order valence-electron chi connectivity index (χ0n) is 9.04. The summed E-state index contributed by atoms with van der Waals surface area (Å²) in [6, 6.07) is 0. The van der Waals surface area contributed by atoms with Gasteiger partial charge in [-0.1, -0.05) is 15.9 Å². The van der Waals surface area contributed by atoms with E-state index in [4.69, 9.17) is 4.74 Å². The zero-order chi connectivity index (χ0) is 12.8. The number of alkyl halides is 3. The largest absolute Gasteiger partial charge is 0.480 e. The second kappa shape index (κ2) is 7.05. The summed E-state index contributed by atoms with van der Waals surface area (Å²) in [6.45, 7) is -0.00842. The highest BCUT2D eigenvalue weighted by molar-refractivity contribution is 9.10. The summed E-state index contributed by atoms with van der Waals surface area (Å²) in [4.78, 5) is 9.44. The Morgan fingerprint density at radius 3 is 2.76 bits per heavy atom. The van der Waals surface area contributed by atoms with Crippen molar-refractivity contribution < 1.29 is 13.5 Å². The van der Waals surface area contributed by atoms with E-state index in [2.05, 4.69) is 41.8 Å². The van der Waals surface area contributed by atoms with Crippen molar-refractivity contribution in [2.45, 2.75) is 6.43 Å². The molecule has 17 heavy (non-hydrogen) atoms. The highest BCUT2D eigenvalue weighted by atomic mass is 79.9. The predicted molar refractivity (Wildman–Crippen MR) is 68.3 cm³/mol. The molecule has 0 N–H and O–H groups in total. The maximum Gasteiger partial charge on any atom is 0.255 e. The van der Waals surface area contributed by atoms with Gasteiger partial charge in [-0.2, -0.15) is 4.98 Å². The van der Waals surface area contributed by atoms with Crippen molar-refractivity contribution in [2.75, 3.05) is 30.4 Å². The van der Waals surface area contributed by atoms with Gasteiger partial charge in [-0.05, 0) is 15.9 Å². The molecule has 0 aromatic carbocycles. The van der Waals surface area contributed by atoms with Gasteiger partial charge in [-0.15, -0.1) is 0 Å². The van der Waals surface area contributed by atoms with Gasteiger partial charge < -0.3 is 9.64 Å². The Hall–Kier alpha value is -0.500. The molecule has 0 aliphatic carbocycles. The van der Waals surface area contributed by atoms with Crippen LogP contribution >= 0.6 is 31.9 Å². The third-order valence-electron chi connectivity index (χ3n) is 1.89. The van der Waals surface area contributed by atoms with E-state index >= 15 is 0 Å². The fourth-order valence-corrected chi connectivity index (χ4v) is 1.96. The first kappa shape index (κ1) is 14.6. The summed E-state index contributed by atoms with van der Waals surface area (Å²) in [7, 11) is 1.46. The fourth-order valence-electron chi connectivity index (χ4n) is 1.18. The summed E-state index contributed by atoms with van der Waals surface area (Å²) in [5, 5.41) is 0.557. The number of nitrogens with zero attached hydrogens (tertiary/aromatic N) is 3. The molecule has 0 atom stereocenters. The molecule has 4 nitrogen and oxygen atoms in total.